The van der Waals surface area contributed by atoms with Crippen LogP contribution in [0.1, 0.15) is 12.5 Å². The molecule has 1 heterocycles. The summed E-state index contributed by atoms with van der Waals surface area (Å²) >= 11 is 0. The molecule has 0 saturated carbocycles. The predicted molar refractivity (Wildman–Crippen MR) is 108 cm³/mol. The fraction of sp³-hybridized carbons (Fsp3) is 0.381. The Kier molecular flexibility index (Phi) is 6.06. The molecule has 0 radical (unpaired) electrons. The number of anilines is 2. The molecule has 1 fully saturated rings. The molecular weight excluding hydrogens is 342 g/mol. The molecule has 144 valence electrons. The fourth-order valence-corrected chi connectivity index (χ4v) is 3.24. The molecule has 0 aliphatic carbocycles. The van der Waals surface area contributed by atoms with E-state index in [1.807, 2.05) is 55.1 Å². The van der Waals surface area contributed by atoms with Gasteiger partial charge in [0.15, 0.2) is 0 Å². The molecule has 0 spiro atoms. The van der Waals surface area contributed by atoms with Crippen molar-refractivity contribution < 1.29 is 14.3 Å². The third-order valence-corrected chi connectivity index (χ3v) is 4.67. The third kappa shape index (κ3) is 4.45. The second kappa shape index (κ2) is 8.66. The summed E-state index contributed by atoms with van der Waals surface area (Å²) in [4.78, 5) is 16.8. The van der Waals surface area contributed by atoms with Crippen LogP contribution >= 0.6 is 0 Å². The lowest BCUT2D eigenvalue weighted by molar-refractivity contribution is 0.208. The molecule has 1 N–H and O–H groups in total. The molecule has 1 saturated heterocycles. The summed E-state index contributed by atoms with van der Waals surface area (Å²) in [5.41, 5.74) is 2.87. The summed E-state index contributed by atoms with van der Waals surface area (Å²) in [5, 5.41) is 2.99. The summed E-state index contributed by atoms with van der Waals surface area (Å²) in [6.07, 6.45) is 0. The number of hydrogen-bond donors (Lipinski definition) is 1. The van der Waals surface area contributed by atoms with E-state index in [1.165, 1.54) is 0 Å². The molecule has 1 aliphatic heterocycles. The highest BCUT2D eigenvalue weighted by atomic mass is 16.5. The van der Waals surface area contributed by atoms with Gasteiger partial charge < -0.3 is 24.6 Å². The Morgan fingerprint density at radius 2 is 1.81 bits per heavy atom. The van der Waals surface area contributed by atoms with Crippen molar-refractivity contribution in [2.75, 3.05) is 50.1 Å². The van der Waals surface area contributed by atoms with Gasteiger partial charge in [0.25, 0.3) is 0 Å². The second-order valence-electron chi connectivity index (χ2n) is 6.51. The van der Waals surface area contributed by atoms with Crippen LogP contribution in [0.3, 0.4) is 0 Å². The van der Waals surface area contributed by atoms with Gasteiger partial charge in [0, 0.05) is 26.2 Å². The maximum atomic E-state index is 12.7. The van der Waals surface area contributed by atoms with E-state index in [4.69, 9.17) is 9.47 Å². The van der Waals surface area contributed by atoms with Crippen LogP contribution in [0.2, 0.25) is 0 Å². The number of piperazine rings is 1. The molecular formula is C21H27N3O3. The molecule has 2 amide bonds. The number of rotatable bonds is 5. The Bertz CT molecular complexity index is 786. The van der Waals surface area contributed by atoms with Gasteiger partial charge in [-0.05, 0) is 43.7 Å². The Morgan fingerprint density at radius 3 is 2.52 bits per heavy atom. The first-order valence-corrected chi connectivity index (χ1v) is 9.29. The molecule has 27 heavy (non-hydrogen) atoms. The van der Waals surface area contributed by atoms with Crippen LogP contribution in [-0.2, 0) is 0 Å². The van der Waals surface area contributed by atoms with E-state index in [2.05, 4.69) is 16.3 Å². The fourth-order valence-electron chi connectivity index (χ4n) is 3.24. The molecule has 0 atom stereocenters. The number of urea groups is 1. The lowest BCUT2D eigenvalue weighted by Gasteiger charge is -2.36. The van der Waals surface area contributed by atoms with Crippen LogP contribution in [-0.4, -0.2) is 50.8 Å². The van der Waals surface area contributed by atoms with Crippen LogP contribution in [0, 0.1) is 6.92 Å². The average Bonchev–Trinajstić information content (AvgIpc) is 2.70. The zero-order valence-electron chi connectivity index (χ0n) is 16.2. The SMILES string of the molecule is CCOc1cc(C)ccc1NC(=O)N1CCN(c2ccccc2OC)CC1. The molecule has 6 heteroatoms. The van der Waals surface area contributed by atoms with Crippen LogP contribution in [0.4, 0.5) is 16.2 Å². The minimum atomic E-state index is -0.0977. The van der Waals surface area contributed by atoms with Crippen LogP contribution in [0.25, 0.3) is 0 Å². The van der Waals surface area contributed by atoms with Crippen molar-refractivity contribution in [2.45, 2.75) is 13.8 Å². The largest absolute Gasteiger partial charge is 0.495 e. The predicted octanol–water partition coefficient (Wildman–Crippen LogP) is 3.76. The maximum Gasteiger partial charge on any atom is 0.322 e. The Balaban J connectivity index is 1.62. The normalized spacial score (nSPS) is 14.0. The van der Waals surface area contributed by atoms with E-state index in [-0.39, 0.29) is 6.03 Å². The minimum absolute atomic E-state index is 0.0977. The second-order valence-corrected chi connectivity index (χ2v) is 6.51. The number of para-hydroxylation sites is 2. The zero-order valence-corrected chi connectivity index (χ0v) is 16.2. The number of aryl methyl sites for hydroxylation is 1. The first-order chi connectivity index (χ1) is 13.1. The van der Waals surface area contributed by atoms with Crippen molar-refractivity contribution >= 4 is 17.4 Å². The van der Waals surface area contributed by atoms with E-state index in [9.17, 15) is 4.79 Å². The van der Waals surface area contributed by atoms with Crippen LogP contribution < -0.4 is 19.7 Å². The summed E-state index contributed by atoms with van der Waals surface area (Å²) in [5.74, 6) is 1.56. The van der Waals surface area contributed by atoms with Crippen LogP contribution in [0.5, 0.6) is 11.5 Å². The van der Waals surface area contributed by atoms with Gasteiger partial charge in [0.1, 0.15) is 11.5 Å². The first-order valence-electron chi connectivity index (χ1n) is 9.29. The van der Waals surface area contributed by atoms with Gasteiger partial charge in [-0.1, -0.05) is 18.2 Å². The quantitative estimate of drug-likeness (QED) is 0.872. The number of ether oxygens (including phenoxy) is 2. The van der Waals surface area contributed by atoms with Crippen LogP contribution in [0.15, 0.2) is 42.5 Å². The molecule has 1 aliphatic rings. The standard InChI is InChI=1S/C21H27N3O3/c1-4-27-20-15-16(2)9-10-17(20)22-21(25)24-13-11-23(12-14-24)18-7-5-6-8-19(18)26-3/h5-10,15H,4,11-14H2,1-3H3,(H,22,25). The first kappa shape index (κ1) is 18.9. The maximum absolute atomic E-state index is 12.7. The van der Waals surface area contributed by atoms with Gasteiger partial charge in [-0.2, -0.15) is 0 Å². The van der Waals surface area contributed by atoms with Gasteiger partial charge in [-0.15, -0.1) is 0 Å². The molecule has 2 aromatic carbocycles. The lowest BCUT2D eigenvalue weighted by atomic mass is 10.2. The zero-order chi connectivity index (χ0) is 19.2. The summed E-state index contributed by atoms with van der Waals surface area (Å²) in [7, 11) is 1.68. The smallest absolute Gasteiger partial charge is 0.322 e. The van der Waals surface area contributed by atoms with Gasteiger partial charge >= 0.3 is 6.03 Å². The molecule has 0 aromatic heterocycles. The summed E-state index contributed by atoms with van der Waals surface area (Å²) < 4.78 is 11.1. The van der Waals surface area contributed by atoms with Crippen molar-refractivity contribution in [1.82, 2.24) is 4.90 Å². The number of benzene rings is 2. The van der Waals surface area contributed by atoms with Crippen molar-refractivity contribution in [3.63, 3.8) is 0 Å². The monoisotopic (exact) mass is 369 g/mol. The lowest BCUT2D eigenvalue weighted by Crippen LogP contribution is -2.50. The van der Waals surface area contributed by atoms with Crippen molar-refractivity contribution in [2.24, 2.45) is 0 Å². The number of carbonyl (C=O) groups excluding carboxylic acids is 1. The minimum Gasteiger partial charge on any atom is -0.495 e. The summed E-state index contributed by atoms with van der Waals surface area (Å²) in [6.45, 7) is 7.33. The highest BCUT2D eigenvalue weighted by Crippen LogP contribution is 2.29. The molecule has 3 rings (SSSR count). The Morgan fingerprint density at radius 1 is 1.07 bits per heavy atom. The summed E-state index contributed by atoms with van der Waals surface area (Å²) in [6, 6.07) is 13.7. The molecule has 0 unspecified atom stereocenters. The number of methoxy groups -OCH3 is 1. The van der Waals surface area contributed by atoms with Gasteiger partial charge in [0.2, 0.25) is 0 Å². The Hall–Kier alpha value is -2.89. The highest BCUT2D eigenvalue weighted by molar-refractivity contribution is 5.91. The van der Waals surface area contributed by atoms with Gasteiger partial charge in [0.05, 0.1) is 25.1 Å². The molecule has 6 nitrogen and oxygen atoms in total. The average molecular weight is 369 g/mol. The number of nitrogens with one attached hydrogen (secondary N) is 1. The van der Waals surface area contributed by atoms with E-state index >= 15 is 0 Å². The third-order valence-electron chi connectivity index (χ3n) is 4.67. The topological polar surface area (TPSA) is 54.0 Å². The Labute approximate surface area is 160 Å². The van der Waals surface area contributed by atoms with Gasteiger partial charge in [-0.3, -0.25) is 0 Å². The molecule has 2 aromatic rings. The van der Waals surface area contributed by atoms with Crippen molar-refractivity contribution in [3.8, 4) is 11.5 Å². The van der Waals surface area contributed by atoms with E-state index in [0.29, 0.717) is 31.1 Å². The number of nitrogens with zero attached hydrogens (tertiary/aromatic N) is 2. The molecule has 0 bridgehead atoms. The van der Waals surface area contributed by atoms with E-state index < -0.39 is 0 Å². The van der Waals surface area contributed by atoms with E-state index in [1.54, 1.807) is 7.11 Å². The van der Waals surface area contributed by atoms with Crippen molar-refractivity contribution in [1.29, 1.82) is 0 Å². The van der Waals surface area contributed by atoms with Crippen molar-refractivity contribution in [3.05, 3.63) is 48.0 Å². The number of amides is 2. The highest BCUT2D eigenvalue weighted by Gasteiger charge is 2.23. The number of hydrogen-bond acceptors (Lipinski definition) is 4. The number of carbonyl (C=O) groups is 1. The van der Waals surface area contributed by atoms with E-state index in [0.717, 1.165) is 30.1 Å². The van der Waals surface area contributed by atoms with Gasteiger partial charge in [-0.25, -0.2) is 4.79 Å².